The molecule has 0 aliphatic carbocycles. The van der Waals surface area contributed by atoms with Crippen molar-refractivity contribution in [2.24, 2.45) is 5.18 Å². The van der Waals surface area contributed by atoms with Gasteiger partial charge in [0.25, 0.3) is 5.91 Å². The van der Waals surface area contributed by atoms with Gasteiger partial charge in [0.05, 0.1) is 6.20 Å². The fourth-order valence-electron chi connectivity index (χ4n) is 1.89. The molecule has 0 bridgehead atoms. The van der Waals surface area contributed by atoms with Crippen LogP contribution in [0.3, 0.4) is 0 Å². The summed E-state index contributed by atoms with van der Waals surface area (Å²) in [5.41, 5.74) is 2.01. The zero-order chi connectivity index (χ0) is 17.0. The highest BCUT2D eigenvalue weighted by Gasteiger charge is 2.15. The van der Waals surface area contributed by atoms with Crippen LogP contribution >= 0.6 is 0 Å². The molecule has 23 heavy (non-hydrogen) atoms. The second-order valence-corrected chi connectivity index (χ2v) is 5.00. The number of benzene rings is 1. The average molecular weight is 316 g/mol. The van der Waals surface area contributed by atoms with Crippen LogP contribution in [0.25, 0.3) is 11.3 Å². The van der Waals surface area contributed by atoms with Crippen molar-refractivity contribution in [3.8, 4) is 11.3 Å². The first kappa shape index (κ1) is 16.1. The molecule has 0 spiro atoms. The lowest BCUT2D eigenvalue weighted by Crippen LogP contribution is -2.15. The lowest BCUT2D eigenvalue weighted by Gasteiger charge is -2.16. The smallest absolute Gasteiger partial charge is 0.281 e. The van der Waals surface area contributed by atoms with Crippen molar-refractivity contribution in [1.82, 2.24) is 15.4 Å². The van der Waals surface area contributed by atoms with Gasteiger partial charge in [0, 0.05) is 31.0 Å². The summed E-state index contributed by atoms with van der Waals surface area (Å²) in [7, 11) is 3.70. The predicted octanol–water partition coefficient (Wildman–Crippen LogP) is 2.03. The molecule has 0 aliphatic heterocycles. The first-order valence-corrected chi connectivity index (χ1v) is 6.65. The Bertz CT molecular complexity index is 748. The van der Waals surface area contributed by atoms with Crippen molar-refractivity contribution in [2.75, 3.05) is 24.3 Å². The summed E-state index contributed by atoms with van der Waals surface area (Å²) >= 11 is 0. The zero-order valence-electron chi connectivity index (χ0n) is 12.9. The molecule has 0 saturated heterocycles. The van der Waals surface area contributed by atoms with E-state index in [4.69, 9.17) is 0 Å². The number of aliphatic hydroxyl groups is 1. The normalized spacial score (nSPS) is 11.6. The van der Waals surface area contributed by atoms with Crippen molar-refractivity contribution in [2.45, 2.75) is 6.92 Å². The molecule has 0 aliphatic rings. The van der Waals surface area contributed by atoms with Gasteiger partial charge in [-0.25, -0.2) is 0 Å². The lowest BCUT2D eigenvalue weighted by atomic mass is 10.1. The van der Waals surface area contributed by atoms with E-state index in [1.165, 1.54) is 6.92 Å². The van der Waals surface area contributed by atoms with Crippen LogP contribution in [0.5, 0.6) is 0 Å². The van der Waals surface area contributed by atoms with Crippen molar-refractivity contribution in [3.63, 3.8) is 0 Å². The maximum Gasteiger partial charge on any atom is 0.281 e. The highest BCUT2D eigenvalue weighted by Crippen LogP contribution is 2.27. The number of amides is 1. The number of anilines is 2. The number of aromatic amines is 1. The van der Waals surface area contributed by atoms with E-state index in [0.29, 0.717) is 11.4 Å². The number of aromatic nitrogens is 3. The number of carbonyl (C=O) groups excluding carboxylic acids is 1. The molecule has 3 N–H and O–H groups in total. The number of allylic oxidation sites excluding steroid dienone is 1. The fourth-order valence-corrected chi connectivity index (χ4v) is 1.89. The van der Waals surface area contributed by atoms with Crippen molar-refractivity contribution >= 4 is 17.3 Å². The van der Waals surface area contributed by atoms with Gasteiger partial charge in [0.1, 0.15) is 11.5 Å². The van der Waals surface area contributed by atoms with Gasteiger partial charge in [-0.15, -0.1) is 4.91 Å². The van der Waals surface area contributed by atoms with Crippen LogP contribution in [0.2, 0.25) is 0 Å². The van der Waals surface area contributed by atoms with Crippen LogP contribution < -0.4 is 10.2 Å². The summed E-state index contributed by atoms with van der Waals surface area (Å²) in [5, 5.41) is 24.7. The third-order valence-electron chi connectivity index (χ3n) is 3.05. The summed E-state index contributed by atoms with van der Waals surface area (Å²) in [6.07, 6.45) is 1.55. The second kappa shape index (κ2) is 6.69. The van der Waals surface area contributed by atoms with Crippen molar-refractivity contribution < 1.29 is 9.90 Å². The average Bonchev–Trinajstić information content (AvgIpc) is 3.01. The molecule has 0 unspecified atom stereocenters. The number of nitroso groups, excluding NO2 is 1. The van der Waals surface area contributed by atoms with Crippen LogP contribution in [0, 0.1) is 4.91 Å². The number of rotatable bonds is 5. The maximum absolute atomic E-state index is 12.0. The molecule has 0 atom stereocenters. The maximum atomic E-state index is 12.0. The van der Waals surface area contributed by atoms with E-state index in [1.807, 2.05) is 25.1 Å². The predicted molar refractivity (Wildman–Crippen MR) is 85.9 cm³/mol. The van der Waals surface area contributed by atoms with Gasteiger partial charge >= 0.3 is 0 Å². The molecule has 1 aromatic heterocycles. The van der Waals surface area contributed by atoms with E-state index < -0.39 is 17.4 Å². The standard InChI is InChI=1S/C14H16N6O3/c1-8(21)13(18-23)14(22)16-10-4-9(12-7-15-19-17-12)5-11(6-10)20(2)3/h4-7,21H,1-3H3,(H,16,22)(H,15,17,19). The summed E-state index contributed by atoms with van der Waals surface area (Å²) in [5.74, 6) is -1.24. The van der Waals surface area contributed by atoms with Gasteiger partial charge in [0.15, 0.2) is 0 Å². The van der Waals surface area contributed by atoms with Gasteiger partial charge < -0.3 is 15.3 Å². The molecule has 1 aromatic carbocycles. The molecule has 0 saturated carbocycles. The Morgan fingerprint density at radius 3 is 2.61 bits per heavy atom. The van der Waals surface area contributed by atoms with Crippen molar-refractivity contribution in [1.29, 1.82) is 0 Å². The first-order chi connectivity index (χ1) is 10.9. The number of H-pyrrole nitrogens is 1. The summed E-state index contributed by atoms with van der Waals surface area (Å²) < 4.78 is 0. The van der Waals surface area contributed by atoms with E-state index in [0.717, 1.165) is 11.3 Å². The van der Waals surface area contributed by atoms with Crippen LogP contribution in [-0.2, 0) is 4.79 Å². The number of nitrogens with zero attached hydrogens (tertiary/aromatic N) is 4. The molecule has 9 heteroatoms. The molecule has 0 radical (unpaired) electrons. The van der Waals surface area contributed by atoms with Gasteiger partial charge in [-0.3, -0.25) is 4.79 Å². The number of nitrogens with one attached hydrogen (secondary N) is 2. The Balaban J connectivity index is 2.40. The van der Waals surface area contributed by atoms with Crippen LogP contribution in [0.15, 0.2) is 41.0 Å². The van der Waals surface area contributed by atoms with Crippen molar-refractivity contribution in [3.05, 3.63) is 40.8 Å². The van der Waals surface area contributed by atoms with E-state index in [-0.39, 0.29) is 0 Å². The van der Waals surface area contributed by atoms with Gasteiger partial charge in [-0.2, -0.15) is 15.4 Å². The number of hydrogen-bond acceptors (Lipinski definition) is 7. The van der Waals surface area contributed by atoms with Crippen LogP contribution in [0.1, 0.15) is 6.92 Å². The minimum atomic E-state index is -0.790. The minimum Gasteiger partial charge on any atom is -0.510 e. The summed E-state index contributed by atoms with van der Waals surface area (Å²) in [6, 6.07) is 5.27. The third kappa shape index (κ3) is 3.70. The largest absolute Gasteiger partial charge is 0.510 e. The molecular formula is C14H16N6O3. The molecule has 120 valence electrons. The topological polar surface area (TPSA) is 124 Å². The molecule has 1 amide bonds. The Hall–Kier alpha value is -3.23. The molecule has 2 rings (SSSR count). The lowest BCUT2D eigenvalue weighted by molar-refractivity contribution is -0.113. The molecule has 2 aromatic rings. The van der Waals surface area contributed by atoms with E-state index >= 15 is 0 Å². The Morgan fingerprint density at radius 1 is 1.35 bits per heavy atom. The molecule has 0 fully saturated rings. The molecular weight excluding hydrogens is 300 g/mol. The highest BCUT2D eigenvalue weighted by molar-refractivity contribution is 6.04. The minimum absolute atomic E-state index is 0.432. The number of carbonyl (C=O) groups is 1. The van der Waals surface area contributed by atoms with Gasteiger partial charge in [-0.1, -0.05) is 0 Å². The summed E-state index contributed by atoms with van der Waals surface area (Å²) in [6.45, 7) is 1.22. The quantitative estimate of drug-likeness (QED) is 0.440. The Morgan fingerprint density at radius 2 is 2.09 bits per heavy atom. The van der Waals surface area contributed by atoms with Crippen LogP contribution in [0.4, 0.5) is 11.4 Å². The first-order valence-electron chi connectivity index (χ1n) is 6.65. The Labute approximate surface area is 132 Å². The molecule has 1 heterocycles. The van der Waals surface area contributed by atoms with E-state index in [2.05, 4.69) is 25.9 Å². The van der Waals surface area contributed by atoms with Crippen LogP contribution in [-0.4, -0.2) is 40.5 Å². The fraction of sp³-hybridized carbons (Fsp3) is 0.214. The third-order valence-corrected chi connectivity index (χ3v) is 3.05. The monoisotopic (exact) mass is 316 g/mol. The second-order valence-electron chi connectivity index (χ2n) is 5.00. The highest BCUT2D eigenvalue weighted by atomic mass is 16.3. The number of hydrogen-bond donors (Lipinski definition) is 3. The van der Waals surface area contributed by atoms with E-state index in [1.54, 1.807) is 18.3 Å². The summed E-state index contributed by atoms with van der Waals surface area (Å²) in [4.78, 5) is 24.5. The Kier molecular flexibility index (Phi) is 4.69. The zero-order valence-corrected chi connectivity index (χ0v) is 12.9. The molecule has 9 nitrogen and oxygen atoms in total. The SMILES string of the molecule is CC(O)=C(N=O)C(=O)Nc1cc(-c2cn[nH]n2)cc(N(C)C)c1. The van der Waals surface area contributed by atoms with E-state index in [9.17, 15) is 14.8 Å². The van der Waals surface area contributed by atoms with Gasteiger partial charge in [-0.05, 0) is 30.3 Å². The van der Waals surface area contributed by atoms with Gasteiger partial charge in [0.2, 0.25) is 5.70 Å². The number of aliphatic hydroxyl groups excluding tert-OH is 1.